The molecule has 1 saturated heterocycles. The molecular formula is C17H23F3IN3O2. The second-order valence-electron chi connectivity index (χ2n) is 7.08. The Labute approximate surface area is 167 Å². The van der Waals surface area contributed by atoms with Gasteiger partial charge in [-0.2, -0.15) is 0 Å². The quantitative estimate of drug-likeness (QED) is 0.390. The fourth-order valence-corrected chi connectivity index (χ4v) is 3.80. The van der Waals surface area contributed by atoms with Gasteiger partial charge in [-0.15, -0.1) is 37.1 Å². The van der Waals surface area contributed by atoms with Gasteiger partial charge in [0.1, 0.15) is 5.75 Å². The minimum atomic E-state index is -4.69. The van der Waals surface area contributed by atoms with Crippen LogP contribution in [0.4, 0.5) is 13.2 Å². The highest BCUT2D eigenvalue weighted by molar-refractivity contribution is 14.0. The van der Waals surface area contributed by atoms with Gasteiger partial charge in [0.05, 0.1) is 12.6 Å². The van der Waals surface area contributed by atoms with Crippen LogP contribution in [-0.4, -0.2) is 31.1 Å². The first-order valence-corrected chi connectivity index (χ1v) is 8.19. The topological polar surface area (TPSA) is 68.9 Å². The molecule has 0 bridgehead atoms. The molecule has 9 heteroatoms. The number of hydrogen-bond donors (Lipinski definition) is 2. The summed E-state index contributed by atoms with van der Waals surface area (Å²) in [5, 5.41) is 3.27. The Morgan fingerprint density at radius 3 is 2.62 bits per heavy atom. The Bertz CT molecular complexity index is 650. The van der Waals surface area contributed by atoms with E-state index >= 15 is 0 Å². The molecule has 1 aliphatic carbocycles. The zero-order chi connectivity index (χ0) is 18.2. The molecule has 26 heavy (non-hydrogen) atoms. The molecule has 1 heterocycles. The molecule has 2 aliphatic rings. The lowest BCUT2D eigenvalue weighted by Crippen LogP contribution is -2.67. The Balaban J connectivity index is 0.00000243. The fourth-order valence-electron chi connectivity index (χ4n) is 3.80. The zero-order valence-corrected chi connectivity index (χ0v) is 16.9. The molecular weight excluding hydrogens is 462 g/mol. The van der Waals surface area contributed by atoms with Crippen molar-refractivity contribution in [3.8, 4) is 5.75 Å². The third-order valence-corrected chi connectivity index (χ3v) is 4.99. The van der Waals surface area contributed by atoms with Crippen molar-refractivity contribution >= 4 is 29.9 Å². The van der Waals surface area contributed by atoms with Crippen molar-refractivity contribution < 1.29 is 22.6 Å². The van der Waals surface area contributed by atoms with Crippen LogP contribution < -0.4 is 15.8 Å². The number of hydrogen-bond acceptors (Lipinski definition) is 3. The van der Waals surface area contributed by atoms with Crippen molar-refractivity contribution in [3.63, 3.8) is 0 Å². The summed E-state index contributed by atoms with van der Waals surface area (Å²) in [7, 11) is 0. The molecule has 3 N–H and O–H groups in total. The summed E-state index contributed by atoms with van der Waals surface area (Å²) in [5.41, 5.74) is 6.72. The Kier molecular flexibility index (Phi) is 6.32. The molecule has 1 aromatic carbocycles. The standard InChI is InChI=1S/C17H22F3N3O2.HI/c1-16(2)13(12-7-8-24-14(12)16)23-15(21)22-9-10-3-5-11(6-4-10)25-17(18,19)20;/h3-6,12-14H,7-9H2,1-2H3,(H3,21,22,23);1H. The van der Waals surface area contributed by atoms with Gasteiger partial charge in [0.2, 0.25) is 0 Å². The number of fused-ring (bicyclic) bond motifs is 1. The Hall–Kier alpha value is -1.23. The molecule has 3 atom stereocenters. The van der Waals surface area contributed by atoms with E-state index in [0.29, 0.717) is 11.9 Å². The third kappa shape index (κ3) is 4.54. The zero-order valence-electron chi connectivity index (χ0n) is 14.5. The number of guanidine groups is 1. The number of nitrogens with zero attached hydrogens (tertiary/aromatic N) is 1. The maximum atomic E-state index is 12.1. The van der Waals surface area contributed by atoms with E-state index in [2.05, 4.69) is 28.9 Å². The number of nitrogens with two attached hydrogens (primary N) is 1. The second kappa shape index (κ2) is 7.79. The molecule has 0 spiro atoms. The predicted octanol–water partition coefficient (Wildman–Crippen LogP) is 3.42. The normalized spacial score (nSPS) is 27.1. The molecule has 1 saturated carbocycles. The van der Waals surface area contributed by atoms with Crippen LogP contribution in [0, 0.1) is 11.3 Å². The van der Waals surface area contributed by atoms with Gasteiger partial charge in [-0.3, -0.25) is 0 Å². The van der Waals surface area contributed by atoms with Gasteiger partial charge in [0, 0.05) is 24.0 Å². The number of rotatable bonds is 4. The number of alkyl halides is 3. The average molecular weight is 485 g/mol. The summed E-state index contributed by atoms with van der Waals surface area (Å²) >= 11 is 0. The second-order valence-corrected chi connectivity index (χ2v) is 7.08. The summed E-state index contributed by atoms with van der Waals surface area (Å²) in [5.74, 6) is 0.524. The molecule has 0 radical (unpaired) electrons. The lowest BCUT2D eigenvalue weighted by Gasteiger charge is -2.54. The highest BCUT2D eigenvalue weighted by atomic mass is 127. The van der Waals surface area contributed by atoms with Crippen LogP contribution in [0.15, 0.2) is 29.3 Å². The lowest BCUT2D eigenvalue weighted by atomic mass is 9.57. The highest BCUT2D eigenvalue weighted by Gasteiger charge is 2.59. The van der Waals surface area contributed by atoms with Crippen molar-refractivity contribution in [2.24, 2.45) is 22.1 Å². The van der Waals surface area contributed by atoms with Gasteiger partial charge in [-0.25, -0.2) is 4.99 Å². The van der Waals surface area contributed by atoms with Crippen LogP contribution in [0.3, 0.4) is 0 Å². The minimum Gasteiger partial charge on any atom is -0.406 e. The average Bonchev–Trinajstić information content (AvgIpc) is 2.97. The first-order chi connectivity index (χ1) is 11.7. The first-order valence-electron chi connectivity index (χ1n) is 8.19. The maximum absolute atomic E-state index is 12.1. The van der Waals surface area contributed by atoms with Gasteiger partial charge in [-0.1, -0.05) is 26.0 Å². The van der Waals surface area contributed by atoms with E-state index in [1.165, 1.54) is 24.3 Å². The SMILES string of the molecule is CC1(C)C(NC(N)=NCc2ccc(OC(F)(F)F)cc2)C2CCOC21.I. The van der Waals surface area contributed by atoms with E-state index in [1.54, 1.807) is 0 Å². The van der Waals surface area contributed by atoms with E-state index in [9.17, 15) is 13.2 Å². The van der Waals surface area contributed by atoms with Crippen LogP contribution in [0.2, 0.25) is 0 Å². The summed E-state index contributed by atoms with van der Waals surface area (Å²) in [6, 6.07) is 5.80. The van der Waals surface area contributed by atoms with Crippen molar-refractivity contribution in [3.05, 3.63) is 29.8 Å². The van der Waals surface area contributed by atoms with Crippen LogP contribution in [0.1, 0.15) is 25.8 Å². The maximum Gasteiger partial charge on any atom is 0.573 e. The van der Waals surface area contributed by atoms with Crippen molar-refractivity contribution in [2.45, 2.75) is 45.3 Å². The monoisotopic (exact) mass is 485 g/mol. The first kappa shape index (κ1) is 21.1. The molecule has 5 nitrogen and oxygen atoms in total. The van der Waals surface area contributed by atoms with Gasteiger partial charge in [-0.05, 0) is 24.1 Å². The summed E-state index contributed by atoms with van der Waals surface area (Å²) < 4.78 is 46.0. The number of nitrogens with one attached hydrogen (secondary N) is 1. The third-order valence-electron chi connectivity index (χ3n) is 4.99. The lowest BCUT2D eigenvalue weighted by molar-refractivity contribution is -0.274. The largest absolute Gasteiger partial charge is 0.573 e. The minimum absolute atomic E-state index is 0. The molecule has 2 fully saturated rings. The van der Waals surface area contributed by atoms with Gasteiger partial charge < -0.3 is 20.5 Å². The number of halogens is 4. The highest BCUT2D eigenvalue weighted by Crippen LogP contribution is 2.51. The summed E-state index contributed by atoms with van der Waals surface area (Å²) in [4.78, 5) is 4.28. The molecule has 3 unspecified atom stereocenters. The Morgan fingerprint density at radius 1 is 1.35 bits per heavy atom. The molecule has 0 aromatic heterocycles. The van der Waals surface area contributed by atoms with Crippen LogP contribution in [0.5, 0.6) is 5.75 Å². The number of benzene rings is 1. The summed E-state index contributed by atoms with van der Waals surface area (Å²) in [6.07, 6.45) is -3.41. The molecule has 1 aliphatic heterocycles. The van der Waals surface area contributed by atoms with Crippen molar-refractivity contribution in [2.75, 3.05) is 6.61 Å². The van der Waals surface area contributed by atoms with Gasteiger partial charge >= 0.3 is 6.36 Å². The molecule has 3 rings (SSSR count). The van der Waals surface area contributed by atoms with E-state index < -0.39 is 6.36 Å². The van der Waals surface area contributed by atoms with Gasteiger partial charge in [0.25, 0.3) is 0 Å². The van der Waals surface area contributed by atoms with Crippen LogP contribution >= 0.6 is 24.0 Å². The number of ether oxygens (including phenoxy) is 2. The fraction of sp³-hybridized carbons (Fsp3) is 0.588. The van der Waals surface area contributed by atoms with Crippen LogP contribution in [-0.2, 0) is 11.3 Å². The predicted molar refractivity (Wildman–Crippen MR) is 102 cm³/mol. The molecule has 0 amide bonds. The van der Waals surface area contributed by atoms with E-state index in [0.717, 1.165) is 18.6 Å². The smallest absolute Gasteiger partial charge is 0.406 e. The van der Waals surface area contributed by atoms with Crippen molar-refractivity contribution in [1.29, 1.82) is 0 Å². The number of aliphatic imine (C=N–C) groups is 1. The van der Waals surface area contributed by atoms with Crippen LogP contribution in [0.25, 0.3) is 0 Å². The summed E-state index contributed by atoms with van der Waals surface area (Å²) in [6.45, 7) is 5.34. The van der Waals surface area contributed by atoms with E-state index in [4.69, 9.17) is 10.5 Å². The molecule has 146 valence electrons. The Morgan fingerprint density at radius 2 is 2.00 bits per heavy atom. The van der Waals surface area contributed by atoms with E-state index in [1.807, 2.05) is 0 Å². The van der Waals surface area contributed by atoms with Crippen molar-refractivity contribution in [1.82, 2.24) is 5.32 Å². The van der Waals surface area contributed by atoms with Gasteiger partial charge in [0.15, 0.2) is 5.96 Å². The van der Waals surface area contributed by atoms with E-state index in [-0.39, 0.29) is 53.8 Å². The molecule has 1 aromatic rings.